The Labute approximate surface area is 184 Å². The Morgan fingerprint density at radius 2 is 1.94 bits per heavy atom. The maximum Gasteiger partial charge on any atom is 0.270 e. The Bertz CT molecular complexity index is 1320. The molecule has 2 atom stereocenters. The van der Waals surface area contributed by atoms with Gasteiger partial charge < -0.3 is 10.1 Å². The minimum atomic E-state index is -4.07. The van der Waals surface area contributed by atoms with Crippen molar-refractivity contribution in [1.82, 2.24) is 9.29 Å². The highest BCUT2D eigenvalue weighted by Gasteiger charge is 2.36. The molecule has 168 valence electrons. The van der Waals surface area contributed by atoms with Crippen LogP contribution in [0.4, 0.5) is 17.1 Å². The SMILES string of the molecule is C[C@@H]1[C@@H](C)CCCN1S(=O)(=O)c1cc([N+](=O)[O-])ccc1N=Nc1c(O)[nH]c2ccccc12. The number of piperidine rings is 1. The maximum absolute atomic E-state index is 13.5. The molecule has 0 amide bonds. The number of nitro benzene ring substituents is 1. The number of nitrogens with one attached hydrogen (secondary N) is 1. The maximum atomic E-state index is 13.5. The van der Waals surface area contributed by atoms with E-state index in [-0.39, 0.29) is 39.8 Å². The number of H-pyrrole nitrogens is 1. The Hall–Kier alpha value is -3.31. The summed E-state index contributed by atoms with van der Waals surface area (Å²) in [5, 5.41) is 30.3. The fourth-order valence-electron chi connectivity index (χ4n) is 3.99. The second kappa shape index (κ2) is 8.32. The number of nitrogens with zero attached hydrogens (tertiary/aromatic N) is 4. The third kappa shape index (κ3) is 3.84. The zero-order chi connectivity index (χ0) is 23.0. The molecule has 32 heavy (non-hydrogen) atoms. The fourth-order valence-corrected chi connectivity index (χ4v) is 5.90. The third-order valence-electron chi connectivity index (χ3n) is 5.97. The molecule has 1 aromatic heterocycles. The Kier molecular flexibility index (Phi) is 5.70. The molecule has 10 nitrogen and oxygen atoms in total. The van der Waals surface area contributed by atoms with Crippen molar-refractivity contribution in [3.63, 3.8) is 0 Å². The molecular formula is C21H23N5O5S. The van der Waals surface area contributed by atoms with Crippen LogP contribution in [0.25, 0.3) is 10.9 Å². The Morgan fingerprint density at radius 3 is 2.69 bits per heavy atom. The van der Waals surface area contributed by atoms with Crippen molar-refractivity contribution in [2.45, 2.75) is 37.6 Å². The van der Waals surface area contributed by atoms with E-state index in [9.17, 15) is 23.6 Å². The molecule has 2 heterocycles. The van der Waals surface area contributed by atoms with Crippen LogP contribution in [-0.2, 0) is 10.0 Å². The summed E-state index contributed by atoms with van der Waals surface area (Å²) in [7, 11) is -4.07. The third-order valence-corrected chi connectivity index (χ3v) is 7.99. The highest BCUT2D eigenvalue weighted by Crippen LogP contribution is 2.39. The van der Waals surface area contributed by atoms with Crippen molar-refractivity contribution in [3.8, 4) is 5.88 Å². The molecule has 0 spiro atoms. The van der Waals surface area contributed by atoms with E-state index in [1.165, 1.54) is 16.4 Å². The van der Waals surface area contributed by atoms with Crippen LogP contribution in [0.1, 0.15) is 26.7 Å². The molecular weight excluding hydrogens is 434 g/mol. The quantitative estimate of drug-likeness (QED) is 0.315. The lowest BCUT2D eigenvalue weighted by Gasteiger charge is -2.36. The van der Waals surface area contributed by atoms with E-state index >= 15 is 0 Å². The number of hydrogen-bond acceptors (Lipinski definition) is 7. The minimum absolute atomic E-state index is 0.0364. The van der Waals surface area contributed by atoms with Crippen molar-refractivity contribution < 1.29 is 18.4 Å². The molecule has 1 aliphatic rings. The molecule has 4 rings (SSSR count). The first-order chi connectivity index (χ1) is 15.2. The van der Waals surface area contributed by atoms with E-state index in [0.717, 1.165) is 12.5 Å². The molecule has 0 bridgehead atoms. The summed E-state index contributed by atoms with van der Waals surface area (Å²) in [6, 6.07) is 10.3. The van der Waals surface area contributed by atoms with Crippen molar-refractivity contribution >= 4 is 38.0 Å². The Morgan fingerprint density at radius 1 is 1.19 bits per heavy atom. The van der Waals surface area contributed by atoms with Gasteiger partial charge in [0.25, 0.3) is 5.69 Å². The molecule has 2 aromatic carbocycles. The van der Waals surface area contributed by atoms with Crippen LogP contribution in [0, 0.1) is 16.0 Å². The molecule has 1 fully saturated rings. The number of azo groups is 1. The number of para-hydroxylation sites is 1. The normalized spacial score (nSPS) is 20.2. The first kappa shape index (κ1) is 21.9. The minimum Gasteiger partial charge on any atom is -0.493 e. The van der Waals surface area contributed by atoms with Gasteiger partial charge in [0.1, 0.15) is 10.6 Å². The molecule has 0 saturated carbocycles. The number of aromatic hydroxyl groups is 1. The number of rotatable bonds is 5. The topological polar surface area (TPSA) is 141 Å². The first-order valence-corrected chi connectivity index (χ1v) is 11.7. The molecule has 0 unspecified atom stereocenters. The van der Waals surface area contributed by atoms with Gasteiger partial charge in [-0.05, 0) is 37.8 Å². The van der Waals surface area contributed by atoms with Crippen molar-refractivity contribution in [2.24, 2.45) is 16.1 Å². The lowest BCUT2D eigenvalue weighted by molar-refractivity contribution is -0.385. The van der Waals surface area contributed by atoms with Crippen LogP contribution in [-0.4, -0.2) is 40.3 Å². The van der Waals surface area contributed by atoms with E-state index in [1.54, 1.807) is 24.3 Å². The lowest BCUT2D eigenvalue weighted by Crippen LogP contribution is -2.45. The molecule has 3 aromatic rings. The summed E-state index contributed by atoms with van der Waals surface area (Å²) < 4.78 is 28.4. The second-order valence-corrected chi connectivity index (χ2v) is 9.81. The van der Waals surface area contributed by atoms with Crippen molar-refractivity contribution in [1.29, 1.82) is 0 Å². The summed E-state index contributed by atoms with van der Waals surface area (Å²) in [6.07, 6.45) is 1.62. The van der Waals surface area contributed by atoms with Gasteiger partial charge in [-0.3, -0.25) is 10.1 Å². The van der Waals surface area contributed by atoms with Gasteiger partial charge in [-0.15, -0.1) is 10.2 Å². The smallest absolute Gasteiger partial charge is 0.270 e. The average molecular weight is 458 g/mol. The number of aromatic amines is 1. The van der Waals surface area contributed by atoms with E-state index < -0.39 is 14.9 Å². The standard InChI is InChI=1S/C21H23N5O5S/c1-13-6-5-11-25(14(13)2)32(30,31)19-12-15(26(28)29)9-10-18(19)23-24-20-16-7-3-4-8-17(16)22-21(20)27/h3-4,7-10,12-14,22,27H,5-6,11H2,1-2H3/t13-,14+/m0/s1. The highest BCUT2D eigenvalue weighted by molar-refractivity contribution is 7.89. The van der Waals surface area contributed by atoms with Gasteiger partial charge >= 0.3 is 0 Å². The Balaban J connectivity index is 1.82. The monoisotopic (exact) mass is 457 g/mol. The lowest BCUT2D eigenvalue weighted by atomic mass is 9.94. The number of nitro groups is 1. The predicted molar refractivity (Wildman–Crippen MR) is 119 cm³/mol. The highest BCUT2D eigenvalue weighted by atomic mass is 32.2. The summed E-state index contributed by atoms with van der Waals surface area (Å²) in [6.45, 7) is 4.15. The first-order valence-electron chi connectivity index (χ1n) is 10.2. The van der Waals surface area contributed by atoms with Gasteiger partial charge in [-0.25, -0.2) is 8.42 Å². The molecule has 0 aliphatic carbocycles. The van der Waals surface area contributed by atoms with Crippen LogP contribution >= 0.6 is 0 Å². The van der Waals surface area contributed by atoms with Gasteiger partial charge in [-0.1, -0.05) is 25.1 Å². The van der Waals surface area contributed by atoms with E-state index in [2.05, 4.69) is 15.2 Å². The number of benzene rings is 2. The summed E-state index contributed by atoms with van der Waals surface area (Å²) in [5.41, 5.74) is 0.412. The van der Waals surface area contributed by atoms with Gasteiger partial charge in [0.2, 0.25) is 15.9 Å². The van der Waals surface area contributed by atoms with Crippen molar-refractivity contribution in [2.75, 3.05) is 6.54 Å². The van der Waals surface area contributed by atoms with E-state index in [4.69, 9.17) is 0 Å². The number of aromatic nitrogens is 1. The zero-order valence-corrected chi connectivity index (χ0v) is 18.4. The van der Waals surface area contributed by atoms with Crippen molar-refractivity contribution in [3.05, 3.63) is 52.6 Å². The van der Waals surface area contributed by atoms with Crippen LogP contribution in [0.2, 0.25) is 0 Å². The van der Waals surface area contributed by atoms with Crippen LogP contribution < -0.4 is 0 Å². The molecule has 2 N–H and O–H groups in total. The van der Waals surface area contributed by atoms with Crippen LogP contribution in [0.5, 0.6) is 5.88 Å². The van der Waals surface area contributed by atoms with Gasteiger partial charge in [0, 0.05) is 30.1 Å². The molecule has 1 saturated heterocycles. The van der Waals surface area contributed by atoms with Crippen LogP contribution in [0.3, 0.4) is 0 Å². The van der Waals surface area contributed by atoms with Gasteiger partial charge in [0.15, 0.2) is 5.69 Å². The molecule has 0 radical (unpaired) electrons. The van der Waals surface area contributed by atoms with Crippen LogP contribution in [0.15, 0.2) is 57.6 Å². The zero-order valence-electron chi connectivity index (χ0n) is 17.6. The predicted octanol–water partition coefficient (Wildman–Crippen LogP) is 5.01. The summed E-state index contributed by atoms with van der Waals surface area (Å²) >= 11 is 0. The number of non-ortho nitro benzene ring substituents is 1. The van der Waals surface area contributed by atoms with E-state index in [1.807, 2.05) is 13.8 Å². The molecule has 11 heteroatoms. The summed E-state index contributed by atoms with van der Waals surface area (Å²) in [5.74, 6) is -0.0507. The second-order valence-electron chi connectivity index (χ2n) is 7.95. The fraction of sp³-hybridized carbons (Fsp3) is 0.333. The summed E-state index contributed by atoms with van der Waals surface area (Å²) in [4.78, 5) is 13.2. The largest absolute Gasteiger partial charge is 0.493 e. The molecule has 1 aliphatic heterocycles. The number of fused-ring (bicyclic) bond motifs is 1. The van der Waals surface area contributed by atoms with Gasteiger partial charge in [-0.2, -0.15) is 4.31 Å². The average Bonchev–Trinajstić information content (AvgIpc) is 3.08. The van der Waals surface area contributed by atoms with Gasteiger partial charge in [0.05, 0.1) is 10.4 Å². The van der Waals surface area contributed by atoms with E-state index in [0.29, 0.717) is 23.9 Å². The number of sulfonamides is 1. The number of hydrogen-bond donors (Lipinski definition) is 2.